The second-order valence-electron chi connectivity index (χ2n) is 5.49. The number of rotatable bonds is 3. The molecule has 0 spiro atoms. The van der Waals surface area contributed by atoms with Crippen LogP contribution in [0.1, 0.15) is 28.8 Å². The van der Waals surface area contributed by atoms with E-state index in [0.717, 1.165) is 30.6 Å². The molecule has 2 heterocycles. The van der Waals surface area contributed by atoms with Gasteiger partial charge in [0, 0.05) is 18.3 Å². The summed E-state index contributed by atoms with van der Waals surface area (Å²) in [6, 6.07) is 7.39. The first-order valence-electron chi connectivity index (χ1n) is 7.22. The number of amides is 1. The van der Waals surface area contributed by atoms with E-state index in [4.69, 9.17) is 0 Å². The van der Waals surface area contributed by atoms with E-state index >= 15 is 0 Å². The molecule has 3 rings (SSSR count). The Morgan fingerprint density at radius 1 is 1.38 bits per heavy atom. The number of aliphatic hydroxyl groups is 1. The molecule has 1 fully saturated rings. The molecule has 0 aliphatic carbocycles. The summed E-state index contributed by atoms with van der Waals surface area (Å²) < 4.78 is 1.79. The van der Waals surface area contributed by atoms with Crippen molar-refractivity contribution < 1.29 is 9.90 Å². The van der Waals surface area contributed by atoms with Crippen molar-refractivity contribution in [3.63, 3.8) is 0 Å². The molecule has 1 N–H and O–H groups in total. The zero-order valence-corrected chi connectivity index (χ0v) is 12.1. The molecule has 1 aromatic carbocycles. The number of benzene rings is 1. The highest BCUT2D eigenvalue weighted by molar-refractivity contribution is 5.94. The molecule has 5 heteroatoms. The Bertz CT molecular complexity index is 633. The molecule has 0 unspecified atom stereocenters. The third kappa shape index (κ3) is 2.69. The van der Waals surface area contributed by atoms with Crippen LogP contribution in [0, 0.1) is 6.92 Å². The molecular weight excluding hydrogens is 266 g/mol. The van der Waals surface area contributed by atoms with E-state index < -0.39 is 0 Å². The number of hydrogen-bond acceptors (Lipinski definition) is 3. The highest BCUT2D eigenvalue weighted by Gasteiger charge is 2.28. The van der Waals surface area contributed by atoms with Crippen LogP contribution in [-0.4, -0.2) is 44.9 Å². The lowest BCUT2D eigenvalue weighted by atomic mass is 10.1. The highest BCUT2D eigenvalue weighted by atomic mass is 16.3. The minimum Gasteiger partial charge on any atom is -0.394 e. The van der Waals surface area contributed by atoms with Gasteiger partial charge in [0.05, 0.1) is 24.5 Å². The number of carbonyl (C=O) groups is 1. The number of aromatic nitrogens is 2. The number of aryl methyl sites for hydroxylation is 1. The van der Waals surface area contributed by atoms with Crippen LogP contribution in [0.25, 0.3) is 5.69 Å². The van der Waals surface area contributed by atoms with Crippen molar-refractivity contribution in [2.24, 2.45) is 0 Å². The Morgan fingerprint density at radius 2 is 2.14 bits per heavy atom. The van der Waals surface area contributed by atoms with E-state index in [2.05, 4.69) is 5.10 Å². The maximum Gasteiger partial charge on any atom is 0.254 e. The first-order chi connectivity index (χ1) is 10.2. The lowest BCUT2D eigenvalue weighted by Crippen LogP contribution is -2.37. The fourth-order valence-corrected chi connectivity index (χ4v) is 2.77. The molecule has 1 aliphatic rings. The van der Waals surface area contributed by atoms with Crippen LogP contribution in [0.2, 0.25) is 0 Å². The van der Waals surface area contributed by atoms with Crippen LogP contribution in [0.4, 0.5) is 0 Å². The quantitative estimate of drug-likeness (QED) is 0.935. The molecular formula is C16H19N3O2. The first-order valence-corrected chi connectivity index (χ1v) is 7.22. The van der Waals surface area contributed by atoms with Gasteiger partial charge in [0.1, 0.15) is 0 Å². The van der Waals surface area contributed by atoms with Gasteiger partial charge in [-0.05, 0) is 49.6 Å². The summed E-state index contributed by atoms with van der Waals surface area (Å²) in [5.41, 5.74) is 2.68. The van der Waals surface area contributed by atoms with Crippen LogP contribution in [0.5, 0.6) is 0 Å². The van der Waals surface area contributed by atoms with Crippen molar-refractivity contribution in [1.82, 2.24) is 14.7 Å². The van der Waals surface area contributed by atoms with Gasteiger partial charge in [0.15, 0.2) is 0 Å². The Morgan fingerprint density at radius 3 is 2.76 bits per heavy atom. The van der Waals surface area contributed by atoms with Crippen LogP contribution in [0.15, 0.2) is 36.7 Å². The third-order valence-electron chi connectivity index (χ3n) is 3.94. The first kappa shape index (κ1) is 13.8. The molecule has 1 amide bonds. The molecule has 1 aromatic heterocycles. The fourth-order valence-electron chi connectivity index (χ4n) is 2.77. The minimum atomic E-state index is -0.0362. The summed E-state index contributed by atoms with van der Waals surface area (Å²) in [7, 11) is 0. The van der Waals surface area contributed by atoms with E-state index in [9.17, 15) is 9.90 Å². The molecule has 0 saturated carbocycles. The van der Waals surface area contributed by atoms with Crippen molar-refractivity contribution in [1.29, 1.82) is 0 Å². The number of nitrogens with zero attached hydrogens (tertiary/aromatic N) is 3. The van der Waals surface area contributed by atoms with Crippen LogP contribution >= 0.6 is 0 Å². The van der Waals surface area contributed by atoms with Crippen LogP contribution in [0.3, 0.4) is 0 Å². The average molecular weight is 285 g/mol. The van der Waals surface area contributed by atoms with E-state index in [1.807, 2.05) is 37.4 Å². The Hall–Kier alpha value is -2.14. The summed E-state index contributed by atoms with van der Waals surface area (Å²) in [5, 5.41) is 13.6. The van der Waals surface area contributed by atoms with Gasteiger partial charge >= 0.3 is 0 Å². The number of carbonyl (C=O) groups excluding carboxylic acids is 1. The summed E-state index contributed by atoms with van der Waals surface area (Å²) >= 11 is 0. The zero-order valence-electron chi connectivity index (χ0n) is 12.1. The molecule has 1 atom stereocenters. The van der Waals surface area contributed by atoms with Gasteiger partial charge in [-0.3, -0.25) is 4.79 Å². The molecule has 21 heavy (non-hydrogen) atoms. The standard InChI is InChI=1S/C16H19N3O2/c1-12-9-17-19(10-12)14-6-4-13(5-7-14)16(21)18-8-2-3-15(18)11-20/h4-7,9-10,15,20H,2-3,8,11H2,1H3/t15-/m1/s1. The maximum atomic E-state index is 12.5. The maximum absolute atomic E-state index is 12.5. The van der Waals surface area contributed by atoms with Crippen molar-refractivity contribution in [2.45, 2.75) is 25.8 Å². The largest absolute Gasteiger partial charge is 0.394 e. The second-order valence-corrected chi connectivity index (χ2v) is 5.49. The second kappa shape index (κ2) is 5.69. The molecule has 1 aliphatic heterocycles. The molecule has 110 valence electrons. The van der Waals surface area contributed by atoms with Crippen LogP contribution < -0.4 is 0 Å². The zero-order chi connectivity index (χ0) is 14.8. The Kier molecular flexibility index (Phi) is 3.75. The summed E-state index contributed by atoms with van der Waals surface area (Å²) in [6.45, 7) is 2.75. The van der Waals surface area contributed by atoms with Crippen molar-refractivity contribution in [2.75, 3.05) is 13.2 Å². The van der Waals surface area contributed by atoms with Gasteiger partial charge in [-0.15, -0.1) is 0 Å². The third-order valence-corrected chi connectivity index (χ3v) is 3.94. The number of hydrogen-bond donors (Lipinski definition) is 1. The summed E-state index contributed by atoms with van der Waals surface area (Å²) in [5.74, 6) is -0.00486. The molecule has 0 radical (unpaired) electrons. The van der Waals surface area contributed by atoms with Crippen molar-refractivity contribution >= 4 is 5.91 Å². The van der Waals surface area contributed by atoms with Gasteiger partial charge in [0.25, 0.3) is 5.91 Å². The normalized spacial score (nSPS) is 18.2. The summed E-state index contributed by atoms with van der Waals surface area (Å²) in [6.07, 6.45) is 5.59. The van der Waals surface area contributed by atoms with Crippen LogP contribution in [-0.2, 0) is 0 Å². The van der Waals surface area contributed by atoms with E-state index in [1.165, 1.54) is 0 Å². The predicted octanol–water partition coefficient (Wildman–Crippen LogP) is 1.78. The number of aliphatic hydroxyl groups excluding tert-OH is 1. The summed E-state index contributed by atoms with van der Waals surface area (Å²) in [4.78, 5) is 14.2. The predicted molar refractivity (Wildman–Crippen MR) is 79.4 cm³/mol. The highest BCUT2D eigenvalue weighted by Crippen LogP contribution is 2.20. The minimum absolute atomic E-state index is 0.00486. The molecule has 2 aromatic rings. The van der Waals surface area contributed by atoms with E-state index in [-0.39, 0.29) is 18.6 Å². The lowest BCUT2D eigenvalue weighted by Gasteiger charge is -2.23. The average Bonchev–Trinajstić information content (AvgIpc) is 3.15. The van der Waals surface area contributed by atoms with Gasteiger partial charge in [0.2, 0.25) is 0 Å². The lowest BCUT2D eigenvalue weighted by molar-refractivity contribution is 0.0677. The van der Waals surface area contributed by atoms with Crippen molar-refractivity contribution in [3.8, 4) is 5.69 Å². The van der Waals surface area contributed by atoms with E-state index in [0.29, 0.717) is 5.56 Å². The van der Waals surface area contributed by atoms with Gasteiger partial charge in [-0.2, -0.15) is 5.10 Å². The van der Waals surface area contributed by atoms with E-state index in [1.54, 1.807) is 15.8 Å². The fraction of sp³-hybridized carbons (Fsp3) is 0.375. The topological polar surface area (TPSA) is 58.4 Å². The Labute approximate surface area is 123 Å². The van der Waals surface area contributed by atoms with Gasteiger partial charge in [-0.25, -0.2) is 4.68 Å². The van der Waals surface area contributed by atoms with Gasteiger partial charge < -0.3 is 10.0 Å². The number of likely N-dealkylation sites (tertiary alicyclic amines) is 1. The monoisotopic (exact) mass is 285 g/mol. The molecule has 1 saturated heterocycles. The smallest absolute Gasteiger partial charge is 0.254 e. The molecule has 0 bridgehead atoms. The Balaban J connectivity index is 1.79. The van der Waals surface area contributed by atoms with Gasteiger partial charge in [-0.1, -0.05) is 0 Å². The molecule has 5 nitrogen and oxygen atoms in total. The van der Waals surface area contributed by atoms with Crippen molar-refractivity contribution in [3.05, 3.63) is 47.8 Å². The SMILES string of the molecule is Cc1cnn(-c2ccc(C(=O)N3CCC[C@@H]3CO)cc2)c1.